The molecule has 24 heavy (non-hydrogen) atoms. The Balaban J connectivity index is 1.68. The van der Waals surface area contributed by atoms with Crippen molar-refractivity contribution in [2.45, 2.75) is 38.6 Å². The number of likely N-dealkylation sites (tertiary alicyclic amines) is 1. The van der Waals surface area contributed by atoms with E-state index in [4.69, 9.17) is 4.74 Å². The van der Waals surface area contributed by atoms with Crippen LogP contribution in [0, 0.1) is 0 Å². The van der Waals surface area contributed by atoms with Gasteiger partial charge < -0.3 is 9.64 Å². The van der Waals surface area contributed by atoms with E-state index in [0.717, 1.165) is 4.90 Å². The molecule has 3 rings (SSSR count). The van der Waals surface area contributed by atoms with Gasteiger partial charge in [0.1, 0.15) is 0 Å². The lowest BCUT2D eigenvalue weighted by atomic mass is 9.86. The van der Waals surface area contributed by atoms with Gasteiger partial charge in [0.15, 0.2) is 6.61 Å². The van der Waals surface area contributed by atoms with E-state index in [2.05, 4.69) is 20.8 Å². The van der Waals surface area contributed by atoms with Crippen LogP contribution in [0.2, 0.25) is 0 Å². The molecule has 2 aliphatic rings. The van der Waals surface area contributed by atoms with Gasteiger partial charge in [0.05, 0.1) is 6.04 Å². The third-order valence-corrected chi connectivity index (χ3v) is 4.60. The van der Waals surface area contributed by atoms with Gasteiger partial charge in [-0.25, -0.2) is 9.69 Å². The highest BCUT2D eigenvalue weighted by Crippen LogP contribution is 2.24. The molecular weight excluding hydrogens is 308 g/mol. The zero-order valence-corrected chi connectivity index (χ0v) is 14.2. The Morgan fingerprint density at radius 2 is 1.83 bits per heavy atom. The van der Waals surface area contributed by atoms with Gasteiger partial charge in [-0.1, -0.05) is 32.9 Å². The first kappa shape index (κ1) is 16.5. The van der Waals surface area contributed by atoms with E-state index in [9.17, 15) is 14.4 Å². The van der Waals surface area contributed by atoms with E-state index < -0.39 is 6.09 Å². The van der Waals surface area contributed by atoms with Crippen LogP contribution in [0.3, 0.4) is 0 Å². The summed E-state index contributed by atoms with van der Waals surface area (Å²) in [4.78, 5) is 38.8. The van der Waals surface area contributed by atoms with Crippen molar-refractivity contribution in [1.29, 1.82) is 0 Å². The lowest BCUT2D eigenvalue weighted by Gasteiger charge is -2.21. The van der Waals surface area contributed by atoms with Gasteiger partial charge >= 0.3 is 6.09 Å². The van der Waals surface area contributed by atoms with Crippen LogP contribution >= 0.6 is 0 Å². The molecule has 0 spiro atoms. The fourth-order valence-electron chi connectivity index (χ4n) is 3.15. The number of hydrogen-bond acceptors (Lipinski definition) is 4. The molecule has 3 amide bonds. The molecule has 2 heterocycles. The quantitative estimate of drug-likeness (QED) is 0.833. The van der Waals surface area contributed by atoms with Crippen LogP contribution in [0.25, 0.3) is 0 Å². The summed E-state index contributed by atoms with van der Waals surface area (Å²) >= 11 is 0. The number of ether oxygens (including phenoxy) is 1. The highest BCUT2D eigenvalue weighted by atomic mass is 16.6. The molecule has 0 radical (unpaired) electrons. The number of amides is 3. The first-order chi connectivity index (χ1) is 11.3. The predicted molar refractivity (Wildman–Crippen MR) is 87.6 cm³/mol. The molecule has 1 aromatic rings. The number of hydrogen-bond donors (Lipinski definition) is 0. The summed E-state index contributed by atoms with van der Waals surface area (Å²) in [5.41, 5.74) is 1.83. The number of rotatable bonds is 2. The lowest BCUT2D eigenvalue weighted by molar-refractivity contribution is -0.127. The van der Waals surface area contributed by atoms with E-state index in [1.54, 1.807) is 4.90 Å². The Morgan fingerprint density at radius 1 is 1.17 bits per heavy atom. The smallest absolute Gasteiger partial charge is 0.417 e. The molecule has 2 fully saturated rings. The summed E-state index contributed by atoms with van der Waals surface area (Å²) in [6.45, 7) is 7.07. The molecule has 0 bridgehead atoms. The second-order valence-electron chi connectivity index (χ2n) is 7.34. The molecular formula is C18H22N2O4. The SMILES string of the molecule is CC(C)(C)c1ccc(C(=O)N2CC[C@@H](N3C(=O)COC3=O)C2)cc1. The summed E-state index contributed by atoms with van der Waals surface area (Å²) in [5.74, 6) is -0.396. The van der Waals surface area contributed by atoms with Crippen LogP contribution in [-0.2, 0) is 14.9 Å². The number of carbonyl (C=O) groups excluding carboxylic acids is 3. The second-order valence-corrected chi connectivity index (χ2v) is 7.34. The standard InChI is InChI=1S/C18H22N2O4/c1-18(2,3)13-6-4-12(5-7-13)16(22)19-9-8-14(10-19)20-15(21)11-24-17(20)23/h4-7,14H,8-11H2,1-3H3/t14-/m1/s1. The first-order valence-corrected chi connectivity index (χ1v) is 8.16. The molecule has 2 saturated heterocycles. The van der Waals surface area contributed by atoms with Gasteiger partial charge in [-0.05, 0) is 29.5 Å². The van der Waals surface area contributed by atoms with E-state index >= 15 is 0 Å². The number of imide groups is 1. The zero-order chi connectivity index (χ0) is 17.5. The molecule has 0 unspecified atom stereocenters. The fourth-order valence-corrected chi connectivity index (χ4v) is 3.15. The van der Waals surface area contributed by atoms with Crippen molar-refractivity contribution in [2.24, 2.45) is 0 Å². The van der Waals surface area contributed by atoms with Crippen LogP contribution in [0.1, 0.15) is 43.1 Å². The van der Waals surface area contributed by atoms with Crippen molar-refractivity contribution in [3.63, 3.8) is 0 Å². The Labute approximate surface area is 141 Å². The van der Waals surface area contributed by atoms with Crippen molar-refractivity contribution in [2.75, 3.05) is 19.7 Å². The number of benzene rings is 1. The normalized spacial score (nSPS) is 21.4. The number of nitrogens with zero attached hydrogens (tertiary/aromatic N) is 2. The Morgan fingerprint density at radius 3 is 2.38 bits per heavy atom. The Kier molecular flexibility index (Phi) is 4.07. The van der Waals surface area contributed by atoms with E-state index in [-0.39, 0.29) is 29.9 Å². The number of cyclic esters (lactones) is 1. The maximum absolute atomic E-state index is 12.6. The van der Waals surface area contributed by atoms with Crippen LogP contribution in [-0.4, -0.2) is 53.4 Å². The van der Waals surface area contributed by atoms with Crippen LogP contribution < -0.4 is 0 Å². The minimum atomic E-state index is -0.603. The highest BCUT2D eigenvalue weighted by Gasteiger charge is 2.41. The molecule has 0 N–H and O–H groups in total. The summed E-state index contributed by atoms with van der Waals surface area (Å²) in [6.07, 6.45) is -0.0130. The van der Waals surface area contributed by atoms with Crippen molar-refractivity contribution in [3.8, 4) is 0 Å². The molecule has 1 aromatic carbocycles. The summed E-state index contributed by atoms with van der Waals surface area (Å²) < 4.78 is 4.75. The topological polar surface area (TPSA) is 66.9 Å². The minimum absolute atomic E-state index is 0.0385. The molecule has 1 atom stereocenters. The Bertz CT molecular complexity index is 659. The van der Waals surface area contributed by atoms with Crippen molar-refractivity contribution >= 4 is 17.9 Å². The average molecular weight is 330 g/mol. The van der Waals surface area contributed by atoms with Gasteiger partial charge in [0, 0.05) is 18.7 Å². The third-order valence-electron chi connectivity index (χ3n) is 4.60. The third kappa shape index (κ3) is 3.00. The van der Waals surface area contributed by atoms with Crippen LogP contribution in [0.5, 0.6) is 0 Å². The first-order valence-electron chi connectivity index (χ1n) is 8.16. The van der Waals surface area contributed by atoms with Crippen LogP contribution in [0.4, 0.5) is 4.79 Å². The van der Waals surface area contributed by atoms with E-state index in [0.29, 0.717) is 25.1 Å². The summed E-state index contributed by atoms with van der Waals surface area (Å²) in [6, 6.07) is 7.34. The molecule has 2 aliphatic heterocycles. The van der Waals surface area contributed by atoms with Crippen molar-refractivity contribution in [3.05, 3.63) is 35.4 Å². The summed E-state index contributed by atoms with van der Waals surface area (Å²) in [5, 5.41) is 0. The maximum Gasteiger partial charge on any atom is 0.417 e. The second kappa shape index (κ2) is 5.92. The average Bonchev–Trinajstić information content (AvgIpc) is 3.13. The molecule has 128 valence electrons. The minimum Gasteiger partial charge on any atom is -0.439 e. The largest absolute Gasteiger partial charge is 0.439 e. The maximum atomic E-state index is 12.6. The molecule has 0 saturated carbocycles. The van der Waals surface area contributed by atoms with Gasteiger partial charge in [-0.15, -0.1) is 0 Å². The van der Waals surface area contributed by atoms with E-state index in [1.165, 1.54) is 5.56 Å². The molecule has 0 aliphatic carbocycles. The summed E-state index contributed by atoms with van der Waals surface area (Å²) in [7, 11) is 0. The van der Waals surface area contributed by atoms with Gasteiger partial charge in [0.2, 0.25) is 0 Å². The van der Waals surface area contributed by atoms with Gasteiger partial charge in [-0.2, -0.15) is 0 Å². The molecule has 6 nitrogen and oxygen atoms in total. The Hall–Kier alpha value is -2.37. The lowest BCUT2D eigenvalue weighted by Crippen LogP contribution is -2.42. The van der Waals surface area contributed by atoms with Crippen molar-refractivity contribution < 1.29 is 19.1 Å². The molecule has 6 heteroatoms. The van der Waals surface area contributed by atoms with Crippen LogP contribution in [0.15, 0.2) is 24.3 Å². The fraction of sp³-hybridized carbons (Fsp3) is 0.500. The van der Waals surface area contributed by atoms with Gasteiger partial charge in [0.25, 0.3) is 11.8 Å². The molecule has 0 aromatic heterocycles. The predicted octanol–water partition coefficient (Wildman–Crippen LogP) is 2.18. The number of carbonyl (C=O) groups is 3. The highest BCUT2D eigenvalue weighted by molar-refractivity contribution is 5.98. The van der Waals surface area contributed by atoms with E-state index in [1.807, 2.05) is 24.3 Å². The van der Waals surface area contributed by atoms with Crippen molar-refractivity contribution in [1.82, 2.24) is 9.80 Å². The van der Waals surface area contributed by atoms with Gasteiger partial charge in [-0.3, -0.25) is 9.59 Å². The monoisotopic (exact) mass is 330 g/mol. The zero-order valence-electron chi connectivity index (χ0n) is 14.2.